The number of anilines is 2. The number of nitrogens with zero attached hydrogens (tertiary/aromatic N) is 2. The van der Waals surface area contributed by atoms with Crippen LogP contribution in [0.3, 0.4) is 0 Å². The molecule has 0 aromatic heterocycles. The van der Waals surface area contributed by atoms with Crippen molar-refractivity contribution in [2.45, 2.75) is 45.1 Å². The Kier molecular flexibility index (Phi) is 5.61. The molecule has 5 nitrogen and oxygen atoms in total. The molecule has 1 aromatic rings. The predicted molar refractivity (Wildman–Crippen MR) is 97.2 cm³/mol. The minimum atomic E-state index is 0.276. The first-order valence-electron chi connectivity index (χ1n) is 9.15. The number of nitrogens with two attached hydrogens (primary N) is 1. The summed E-state index contributed by atoms with van der Waals surface area (Å²) >= 11 is 0. The smallest absolute Gasteiger partial charge is 0.223 e. The Hall–Kier alpha value is -1.75. The summed E-state index contributed by atoms with van der Waals surface area (Å²) in [7, 11) is 0. The lowest BCUT2D eigenvalue weighted by molar-refractivity contribution is -0.134. The molecule has 2 aliphatic heterocycles. The van der Waals surface area contributed by atoms with Crippen LogP contribution >= 0.6 is 0 Å². The Labute approximate surface area is 144 Å². The summed E-state index contributed by atoms with van der Waals surface area (Å²) in [6.45, 7) is 6.35. The van der Waals surface area contributed by atoms with Crippen LogP contribution < -0.4 is 10.6 Å². The van der Waals surface area contributed by atoms with Gasteiger partial charge in [-0.05, 0) is 50.3 Å². The quantitative estimate of drug-likeness (QED) is 0.861. The second kappa shape index (κ2) is 7.88. The topological polar surface area (TPSA) is 58.8 Å². The maximum Gasteiger partial charge on any atom is 0.223 e. The fraction of sp³-hybridized carbons (Fsp3) is 0.632. The molecule has 5 heteroatoms. The highest BCUT2D eigenvalue weighted by molar-refractivity contribution is 5.77. The van der Waals surface area contributed by atoms with E-state index in [9.17, 15) is 4.79 Å². The molecule has 3 rings (SSSR count). The summed E-state index contributed by atoms with van der Waals surface area (Å²) < 4.78 is 5.39. The molecule has 24 heavy (non-hydrogen) atoms. The molecule has 2 aliphatic rings. The summed E-state index contributed by atoms with van der Waals surface area (Å²) in [6, 6.07) is 6.61. The average Bonchev–Trinajstić information content (AvgIpc) is 2.61. The standard InChI is InChI=1S/C19H29N3O2/c1-15-4-2-3-9-22(15)19(23)8-6-16-5-7-18(17(20)14-16)21-10-12-24-13-11-21/h5,7,14-15H,2-4,6,8-13,20H2,1H3. The maximum atomic E-state index is 12.5. The van der Waals surface area contributed by atoms with Crippen molar-refractivity contribution < 1.29 is 9.53 Å². The number of piperidine rings is 1. The number of likely N-dealkylation sites (tertiary alicyclic amines) is 1. The number of nitrogen functional groups attached to an aromatic ring is 1. The normalized spacial score (nSPS) is 21.8. The van der Waals surface area contributed by atoms with Gasteiger partial charge in [0.2, 0.25) is 5.91 Å². The van der Waals surface area contributed by atoms with Gasteiger partial charge in [-0.3, -0.25) is 4.79 Å². The van der Waals surface area contributed by atoms with Crippen molar-refractivity contribution in [3.8, 4) is 0 Å². The van der Waals surface area contributed by atoms with Gasteiger partial charge in [0, 0.05) is 32.1 Å². The number of carbonyl (C=O) groups is 1. The van der Waals surface area contributed by atoms with Gasteiger partial charge >= 0.3 is 0 Å². The molecule has 2 saturated heterocycles. The predicted octanol–water partition coefficient (Wildman–Crippen LogP) is 2.44. The highest BCUT2D eigenvalue weighted by Crippen LogP contribution is 2.26. The molecular weight excluding hydrogens is 302 g/mol. The number of morpholine rings is 1. The lowest BCUT2D eigenvalue weighted by Crippen LogP contribution is -2.42. The first kappa shape index (κ1) is 17.1. The van der Waals surface area contributed by atoms with E-state index in [0.29, 0.717) is 12.5 Å². The van der Waals surface area contributed by atoms with E-state index in [1.54, 1.807) is 0 Å². The van der Waals surface area contributed by atoms with Gasteiger partial charge in [-0.1, -0.05) is 6.07 Å². The van der Waals surface area contributed by atoms with Crippen molar-refractivity contribution >= 4 is 17.3 Å². The molecule has 1 amide bonds. The molecule has 0 spiro atoms. The molecule has 132 valence electrons. The van der Waals surface area contributed by atoms with Crippen LogP contribution in [0.15, 0.2) is 18.2 Å². The van der Waals surface area contributed by atoms with Gasteiger partial charge in [-0.25, -0.2) is 0 Å². The number of amides is 1. The zero-order valence-corrected chi connectivity index (χ0v) is 14.7. The van der Waals surface area contributed by atoms with Crippen molar-refractivity contribution in [1.82, 2.24) is 4.90 Å². The van der Waals surface area contributed by atoms with Crippen molar-refractivity contribution in [2.24, 2.45) is 0 Å². The van der Waals surface area contributed by atoms with Crippen molar-refractivity contribution in [1.29, 1.82) is 0 Å². The fourth-order valence-electron chi connectivity index (χ4n) is 3.72. The van der Waals surface area contributed by atoms with Crippen molar-refractivity contribution in [3.63, 3.8) is 0 Å². The zero-order valence-electron chi connectivity index (χ0n) is 14.7. The lowest BCUT2D eigenvalue weighted by atomic mass is 10.0. The number of aryl methyl sites for hydroxylation is 1. The van der Waals surface area contributed by atoms with Gasteiger partial charge in [0.25, 0.3) is 0 Å². The second-order valence-electron chi connectivity index (χ2n) is 6.92. The highest BCUT2D eigenvalue weighted by atomic mass is 16.5. The van der Waals surface area contributed by atoms with Crippen LogP contribution in [0.1, 0.15) is 38.2 Å². The minimum absolute atomic E-state index is 0.276. The minimum Gasteiger partial charge on any atom is -0.397 e. The number of carbonyl (C=O) groups excluding carboxylic acids is 1. The van der Waals surface area contributed by atoms with Gasteiger partial charge in [-0.2, -0.15) is 0 Å². The van der Waals surface area contributed by atoms with Crippen LogP contribution in [0.4, 0.5) is 11.4 Å². The molecule has 2 fully saturated rings. The summed E-state index contributed by atoms with van der Waals surface area (Å²) in [5, 5.41) is 0. The third-order valence-electron chi connectivity index (χ3n) is 5.19. The zero-order chi connectivity index (χ0) is 16.9. The van der Waals surface area contributed by atoms with Crippen molar-refractivity contribution in [2.75, 3.05) is 43.5 Å². The third kappa shape index (κ3) is 4.01. The number of ether oxygens (including phenoxy) is 1. The van der Waals surface area contributed by atoms with E-state index in [-0.39, 0.29) is 5.91 Å². The Morgan fingerprint density at radius 1 is 1.25 bits per heavy atom. The molecule has 0 radical (unpaired) electrons. The van der Waals surface area contributed by atoms with E-state index in [4.69, 9.17) is 10.5 Å². The Balaban J connectivity index is 1.57. The van der Waals surface area contributed by atoms with E-state index in [1.165, 1.54) is 6.42 Å². The summed E-state index contributed by atoms with van der Waals surface area (Å²) in [5.41, 5.74) is 9.27. The number of rotatable bonds is 4. The molecule has 0 saturated carbocycles. The van der Waals surface area contributed by atoms with Crippen LogP contribution in [0.25, 0.3) is 0 Å². The summed E-state index contributed by atoms with van der Waals surface area (Å²) in [4.78, 5) is 16.8. The Bertz CT molecular complexity index is 570. The molecule has 2 N–H and O–H groups in total. The molecule has 1 unspecified atom stereocenters. The van der Waals surface area contributed by atoms with E-state index in [2.05, 4.69) is 28.9 Å². The SMILES string of the molecule is CC1CCCCN1C(=O)CCc1ccc(N2CCOCC2)c(N)c1. The molecule has 1 atom stereocenters. The fourth-order valence-corrected chi connectivity index (χ4v) is 3.72. The Morgan fingerprint density at radius 3 is 2.75 bits per heavy atom. The molecule has 0 aliphatic carbocycles. The van der Waals surface area contributed by atoms with Gasteiger partial charge in [0.1, 0.15) is 0 Å². The van der Waals surface area contributed by atoms with Crippen LogP contribution in [0.2, 0.25) is 0 Å². The highest BCUT2D eigenvalue weighted by Gasteiger charge is 2.22. The molecule has 1 aromatic carbocycles. The van der Waals surface area contributed by atoms with Gasteiger partial charge < -0.3 is 20.3 Å². The van der Waals surface area contributed by atoms with Gasteiger partial charge in [-0.15, -0.1) is 0 Å². The van der Waals surface area contributed by atoms with Crippen LogP contribution in [-0.4, -0.2) is 49.7 Å². The monoisotopic (exact) mass is 331 g/mol. The van der Waals surface area contributed by atoms with Crippen LogP contribution in [0, 0.1) is 0 Å². The first-order valence-corrected chi connectivity index (χ1v) is 9.15. The Morgan fingerprint density at radius 2 is 2.04 bits per heavy atom. The number of benzene rings is 1. The summed E-state index contributed by atoms with van der Waals surface area (Å²) in [5.74, 6) is 0.276. The number of hydrogen-bond donors (Lipinski definition) is 1. The van der Waals surface area contributed by atoms with Gasteiger partial charge in [0.05, 0.1) is 24.6 Å². The molecule has 2 heterocycles. The largest absolute Gasteiger partial charge is 0.397 e. The average molecular weight is 331 g/mol. The first-order chi connectivity index (χ1) is 11.6. The van der Waals surface area contributed by atoms with Crippen LogP contribution in [-0.2, 0) is 16.0 Å². The summed E-state index contributed by atoms with van der Waals surface area (Å²) in [6.07, 6.45) is 4.84. The second-order valence-corrected chi connectivity index (χ2v) is 6.92. The molecular formula is C19H29N3O2. The van der Waals surface area contributed by atoms with Crippen molar-refractivity contribution in [3.05, 3.63) is 23.8 Å². The number of hydrogen-bond acceptors (Lipinski definition) is 4. The van der Waals surface area contributed by atoms with E-state index >= 15 is 0 Å². The molecule has 0 bridgehead atoms. The lowest BCUT2D eigenvalue weighted by Gasteiger charge is -2.33. The maximum absolute atomic E-state index is 12.5. The van der Waals surface area contributed by atoms with Crippen LogP contribution in [0.5, 0.6) is 0 Å². The third-order valence-corrected chi connectivity index (χ3v) is 5.19. The van der Waals surface area contributed by atoms with Gasteiger partial charge in [0.15, 0.2) is 0 Å². The van der Waals surface area contributed by atoms with E-state index in [1.807, 2.05) is 6.07 Å². The van der Waals surface area contributed by atoms with E-state index in [0.717, 1.165) is 69.0 Å². The van der Waals surface area contributed by atoms with E-state index < -0.39 is 0 Å².